The second kappa shape index (κ2) is 5.17. The van der Waals surface area contributed by atoms with Gasteiger partial charge in [0.05, 0.1) is 12.2 Å². The number of hydrogen-bond donors (Lipinski definition) is 1. The number of nitrogens with one attached hydrogen (secondary N) is 1. The van der Waals surface area contributed by atoms with Gasteiger partial charge in [0.2, 0.25) is 11.8 Å². The molecule has 0 aliphatic carbocycles. The highest BCUT2D eigenvalue weighted by Gasteiger charge is 2.38. The molecule has 2 rings (SSSR count). The fraction of sp³-hybridized carbons (Fsp3) is 0.385. The molecule has 0 saturated carbocycles. The van der Waals surface area contributed by atoms with Crippen LogP contribution in [0.2, 0.25) is 5.02 Å². The maximum Gasteiger partial charge on any atom is 0.247 e. The molecule has 0 spiro atoms. The Morgan fingerprint density at radius 1 is 1.42 bits per heavy atom. The maximum atomic E-state index is 14.0. The number of carbonyl (C=O) groups is 2. The normalized spacial score (nSPS) is 19.8. The third-order valence-electron chi connectivity index (χ3n) is 3.03. The highest BCUT2D eigenvalue weighted by Crippen LogP contribution is 2.28. The molecule has 1 fully saturated rings. The molecule has 1 atom stereocenters. The van der Waals surface area contributed by atoms with Crippen LogP contribution in [0.4, 0.5) is 10.1 Å². The summed E-state index contributed by atoms with van der Waals surface area (Å²) in [6.07, 6.45) is 0. The van der Waals surface area contributed by atoms with E-state index in [-0.39, 0.29) is 35.0 Å². The number of benzene rings is 1. The van der Waals surface area contributed by atoms with Crippen LogP contribution in [-0.2, 0) is 9.59 Å². The van der Waals surface area contributed by atoms with E-state index in [1.807, 2.05) is 13.8 Å². The molecule has 4 nitrogen and oxygen atoms in total. The summed E-state index contributed by atoms with van der Waals surface area (Å²) >= 11 is 5.70. The number of halogens is 2. The van der Waals surface area contributed by atoms with Crippen molar-refractivity contribution in [3.05, 3.63) is 29.0 Å². The number of anilines is 1. The number of rotatable bonds is 2. The number of piperazine rings is 1. The lowest BCUT2D eigenvalue weighted by molar-refractivity contribution is -0.131. The summed E-state index contributed by atoms with van der Waals surface area (Å²) in [5.74, 6) is -1.34. The third-order valence-corrected chi connectivity index (χ3v) is 3.27. The lowest BCUT2D eigenvalue weighted by Crippen LogP contribution is -2.60. The van der Waals surface area contributed by atoms with Gasteiger partial charge in [-0.15, -0.1) is 0 Å². The summed E-state index contributed by atoms with van der Waals surface area (Å²) in [4.78, 5) is 25.1. The van der Waals surface area contributed by atoms with E-state index < -0.39 is 11.9 Å². The molecule has 2 amide bonds. The first kappa shape index (κ1) is 13.8. The smallest absolute Gasteiger partial charge is 0.247 e. The monoisotopic (exact) mass is 284 g/mol. The van der Waals surface area contributed by atoms with E-state index in [1.54, 1.807) is 0 Å². The summed E-state index contributed by atoms with van der Waals surface area (Å²) in [6.45, 7) is 3.50. The van der Waals surface area contributed by atoms with Gasteiger partial charge in [0.25, 0.3) is 0 Å². The molecule has 102 valence electrons. The Hall–Kier alpha value is -1.62. The molecule has 19 heavy (non-hydrogen) atoms. The molecule has 1 heterocycles. The van der Waals surface area contributed by atoms with E-state index in [4.69, 9.17) is 11.6 Å². The van der Waals surface area contributed by atoms with Crippen molar-refractivity contribution in [2.75, 3.05) is 11.4 Å². The second-order valence-corrected chi connectivity index (χ2v) is 5.20. The van der Waals surface area contributed by atoms with E-state index in [9.17, 15) is 14.0 Å². The van der Waals surface area contributed by atoms with Gasteiger partial charge in [-0.05, 0) is 24.1 Å². The summed E-state index contributed by atoms with van der Waals surface area (Å²) in [6, 6.07) is 3.34. The van der Waals surface area contributed by atoms with Crippen LogP contribution in [0.25, 0.3) is 0 Å². The Labute approximate surface area is 115 Å². The van der Waals surface area contributed by atoms with Crippen molar-refractivity contribution in [1.29, 1.82) is 0 Å². The molecule has 0 aromatic heterocycles. The molecular formula is C13H14ClFN2O2. The van der Waals surface area contributed by atoms with Gasteiger partial charge in [0.15, 0.2) is 0 Å². The quantitative estimate of drug-likeness (QED) is 0.903. The number of amides is 2. The molecule has 0 radical (unpaired) electrons. The Bertz CT molecular complexity index is 533. The molecule has 1 aromatic rings. The Morgan fingerprint density at radius 3 is 2.68 bits per heavy atom. The zero-order valence-electron chi connectivity index (χ0n) is 10.6. The zero-order valence-corrected chi connectivity index (χ0v) is 11.4. The first-order valence-corrected chi connectivity index (χ1v) is 6.34. The predicted octanol–water partition coefficient (Wildman–Crippen LogP) is 1.97. The lowest BCUT2D eigenvalue weighted by Gasteiger charge is -2.37. The fourth-order valence-corrected chi connectivity index (χ4v) is 2.35. The van der Waals surface area contributed by atoms with E-state index >= 15 is 0 Å². The number of carbonyl (C=O) groups excluding carboxylic acids is 2. The van der Waals surface area contributed by atoms with Gasteiger partial charge in [-0.2, -0.15) is 0 Å². The number of nitrogens with zero attached hydrogens (tertiary/aromatic N) is 1. The van der Waals surface area contributed by atoms with Crippen molar-refractivity contribution in [3.8, 4) is 0 Å². The standard InChI is InChI=1S/C13H14ClFN2O2/c1-7(2)12-13(19)16-6-11(18)17(12)10-4-3-8(14)5-9(10)15/h3-5,7,12H,6H2,1-2H3,(H,16,19). The Morgan fingerprint density at radius 2 is 2.11 bits per heavy atom. The molecule has 1 saturated heterocycles. The van der Waals surface area contributed by atoms with Crippen LogP contribution in [0.15, 0.2) is 18.2 Å². The van der Waals surface area contributed by atoms with Crippen molar-refractivity contribution >= 4 is 29.1 Å². The van der Waals surface area contributed by atoms with Crippen LogP contribution in [0.3, 0.4) is 0 Å². The minimum atomic E-state index is -0.711. The van der Waals surface area contributed by atoms with Crippen LogP contribution in [0.5, 0.6) is 0 Å². The molecule has 1 aromatic carbocycles. The Balaban J connectivity index is 2.48. The van der Waals surface area contributed by atoms with Crippen LogP contribution in [-0.4, -0.2) is 24.4 Å². The molecule has 6 heteroatoms. The van der Waals surface area contributed by atoms with Crippen LogP contribution in [0.1, 0.15) is 13.8 Å². The summed E-state index contributed by atoms with van der Waals surface area (Å²) in [5.41, 5.74) is 0.0861. The molecule has 1 aliphatic rings. The predicted molar refractivity (Wildman–Crippen MR) is 70.5 cm³/mol. The van der Waals surface area contributed by atoms with Crippen molar-refractivity contribution in [2.24, 2.45) is 5.92 Å². The van der Waals surface area contributed by atoms with Gasteiger partial charge in [0, 0.05) is 5.02 Å². The number of hydrogen-bond acceptors (Lipinski definition) is 2. The van der Waals surface area contributed by atoms with Crippen LogP contribution >= 0.6 is 11.6 Å². The summed E-state index contributed by atoms with van der Waals surface area (Å²) < 4.78 is 14.0. The lowest BCUT2D eigenvalue weighted by atomic mass is 9.98. The van der Waals surface area contributed by atoms with Gasteiger partial charge in [-0.1, -0.05) is 25.4 Å². The summed E-state index contributed by atoms with van der Waals surface area (Å²) in [7, 11) is 0. The maximum absolute atomic E-state index is 14.0. The molecule has 0 bridgehead atoms. The molecule has 1 unspecified atom stereocenters. The van der Waals surface area contributed by atoms with Crippen LogP contribution in [0, 0.1) is 11.7 Å². The highest BCUT2D eigenvalue weighted by atomic mass is 35.5. The van der Waals surface area contributed by atoms with Crippen molar-refractivity contribution in [3.63, 3.8) is 0 Å². The van der Waals surface area contributed by atoms with E-state index in [0.717, 1.165) is 6.07 Å². The van der Waals surface area contributed by atoms with Gasteiger partial charge in [-0.3, -0.25) is 14.5 Å². The van der Waals surface area contributed by atoms with Crippen molar-refractivity contribution in [1.82, 2.24) is 5.32 Å². The first-order chi connectivity index (χ1) is 8.91. The second-order valence-electron chi connectivity index (χ2n) is 4.77. The van der Waals surface area contributed by atoms with Crippen molar-refractivity contribution in [2.45, 2.75) is 19.9 Å². The Kier molecular flexibility index (Phi) is 3.75. The van der Waals surface area contributed by atoms with Gasteiger partial charge < -0.3 is 5.32 Å². The summed E-state index contributed by atoms with van der Waals surface area (Å²) in [5, 5.41) is 2.76. The first-order valence-electron chi connectivity index (χ1n) is 5.96. The van der Waals surface area contributed by atoms with Gasteiger partial charge in [-0.25, -0.2) is 4.39 Å². The minimum absolute atomic E-state index is 0.0861. The fourth-order valence-electron chi connectivity index (χ4n) is 2.19. The molecular weight excluding hydrogens is 271 g/mol. The van der Waals surface area contributed by atoms with Gasteiger partial charge >= 0.3 is 0 Å². The molecule has 1 aliphatic heterocycles. The molecule has 1 N–H and O–H groups in total. The highest BCUT2D eigenvalue weighted by molar-refractivity contribution is 6.30. The average molecular weight is 285 g/mol. The topological polar surface area (TPSA) is 49.4 Å². The van der Waals surface area contributed by atoms with E-state index in [2.05, 4.69) is 5.32 Å². The van der Waals surface area contributed by atoms with Crippen LogP contribution < -0.4 is 10.2 Å². The van der Waals surface area contributed by atoms with E-state index in [1.165, 1.54) is 17.0 Å². The third kappa shape index (κ3) is 2.56. The SMILES string of the molecule is CC(C)C1C(=O)NCC(=O)N1c1ccc(Cl)cc1F. The average Bonchev–Trinajstić information content (AvgIpc) is 2.32. The minimum Gasteiger partial charge on any atom is -0.345 e. The van der Waals surface area contributed by atoms with Gasteiger partial charge in [0.1, 0.15) is 11.9 Å². The largest absolute Gasteiger partial charge is 0.345 e. The van der Waals surface area contributed by atoms with Crippen molar-refractivity contribution < 1.29 is 14.0 Å². The zero-order chi connectivity index (χ0) is 14.2. The van der Waals surface area contributed by atoms with E-state index in [0.29, 0.717) is 0 Å².